The van der Waals surface area contributed by atoms with Gasteiger partial charge in [-0.3, -0.25) is 9.48 Å². The second kappa shape index (κ2) is 6.74. The molecular weight excluding hydrogens is 328 g/mol. The first kappa shape index (κ1) is 14.8. The average molecular weight is 345 g/mol. The number of urea groups is 1. The lowest BCUT2D eigenvalue weighted by molar-refractivity contribution is -0.143. The maximum absolute atomic E-state index is 11.9. The molecule has 8 heteroatoms. The van der Waals surface area contributed by atoms with Gasteiger partial charge in [0.1, 0.15) is 0 Å². The van der Waals surface area contributed by atoms with Gasteiger partial charge in [0.05, 0.1) is 23.1 Å². The molecule has 2 heterocycles. The van der Waals surface area contributed by atoms with E-state index in [0.29, 0.717) is 26.1 Å². The molecule has 1 aliphatic heterocycles. The normalized spacial score (nSPS) is 18.9. The van der Waals surface area contributed by atoms with Crippen LogP contribution in [0.1, 0.15) is 12.8 Å². The van der Waals surface area contributed by atoms with Crippen molar-refractivity contribution >= 4 is 27.9 Å². The highest BCUT2D eigenvalue weighted by Gasteiger charge is 2.27. The number of likely N-dealkylation sites (tertiary alicyclic amines) is 1. The number of carboxylic acids is 1. The highest BCUT2D eigenvalue weighted by molar-refractivity contribution is 9.10. The van der Waals surface area contributed by atoms with Gasteiger partial charge in [-0.2, -0.15) is 5.10 Å². The van der Waals surface area contributed by atoms with Crippen LogP contribution in [0.15, 0.2) is 16.9 Å². The van der Waals surface area contributed by atoms with Crippen LogP contribution in [0.25, 0.3) is 0 Å². The zero-order chi connectivity index (χ0) is 14.5. The van der Waals surface area contributed by atoms with E-state index in [4.69, 9.17) is 5.11 Å². The molecule has 1 fully saturated rings. The minimum atomic E-state index is -0.830. The Morgan fingerprint density at radius 2 is 2.35 bits per heavy atom. The number of halogens is 1. The van der Waals surface area contributed by atoms with E-state index in [9.17, 15) is 9.59 Å². The SMILES string of the molecule is O=C(O)C1CCCN(C(=O)NCCn2cc(Br)cn2)C1. The minimum absolute atomic E-state index is 0.206. The van der Waals surface area contributed by atoms with E-state index in [1.54, 1.807) is 15.8 Å². The Morgan fingerprint density at radius 1 is 1.55 bits per heavy atom. The zero-order valence-electron chi connectivity index (χ0n) is 11.0. The second-order valence-corrected chi connectivity index (χ2v) is 5.69. The van der Waals surface area contributed by atoms with Crippen molar-refractivity contribution in [1.82, 2.24) is 20.0 Å². The van der Waals surface area contributed by atoms with Gasteiger partial charge in [-0.1, -0.05) is 0 Å². The van der Waals surface area contributed by atoms with Crippen molar-refractivity contribution in [3.05, 3.63) is 16.9 Å². The molecule has 1 unspecified atom stereocenters. The number of carboxylic acid groups (broad SMARTS) is 1. The molecule has 110 valence electrons. The number of carbonyl (C=O) groups is 2. The molecule has 1 atom stereocenters. The minimum Gasteiger partial charge on any atom is -0.481 e. The van der Waals surface area contributed by atoms with E-state index in [2.05, 4.69) is 26.3 Å². The number of nitrogens with zero attached hydrogens (tertiary/aromatic N) is 3. The largest absolute Gasteiger partial charge is 0.481 e. The number of rotatable bonds is 4. The van der Waals surface area contributed by atoms with Gasteiger partial charge in [-0.15, -0.1) is 0 Å². The number of nitrogens with one attached hydrogen (secondary N) is 1. The van der Waals surface area contributed by atoms with Crippen LogP contribution >= 0.6 is 15.9 Å². The summed E-state index contributed by atoms with van der Waals surface area (Å²) in [6.45, 7) is 1.94. The van der Waals surface area contributed by atoms with Crippen molar-refractivity contribution in [3.8, 4) is 0 Å². The van der Waals surface area contributed by atoms with Gasteiger partial charge >= 0.3 is 12.0 Å². The maximum atomic E-state index is 11.9. The first-order chi connectivity index (χ1) is 9.56. The lowest BCUT2D eigenvalue weighted by Gasteiger charge is -2.30. The summed E-state index contributed by atoms with van der Waals surface area (Å²) in [6, 6.07) is -0.206. The highest BCUT2D eigenvalue weighted by Crippen LogP contribution is 2.16. The van der Waals surface area contributed by atoms with Gasteiger partial charge in [0.2, 0.25) is 0 Å². The van der Waals surface area contributed by atoms with Crippen LogP contribution < -0.4 is 5.32 Å². The van der Waals surface area contributed by atoms with Gasteiger partial charge < -0.3 is 15.3 Å². The number of carbonyl (C=O) groups excluding carboxylic acids is 1. The van der Waals surface area contributed by atoms with E-state index in [1.807, 2.05) is 6.20 Å². The predicted molar refractivity (Wildman–Crippen MR) is 75.3 cm³/mol. The van der Waals surface area contributed by atoms with Crippen molar-refractivity contribution in [2.75, 3.05) is 19.6 Å². The van der Waals surface area contributed by atoms with Crippen LogP contribution in [0.4, 0.5) is 4.79 Å². The number of hydrogen-bond acceptors (Lipinski definition) is 3. The summed E-state index contributed by atoms with van der Waals surface area (Å²) < 4.78 is 2.62. The third kappa shape index (κ3) is 3.96. The molecular formula is C12H17BrN4O3. The summed E-state index contributed by atoms with van der Waals surface area (Å²) in [4.78, 5) is 24.5. The summed E-state index contributed by atoms with van der Waals surface area (Å²) >= 11 is 3.30. The topological polar surface area (TPSA) is 87.5 Å². The van der Waals surface area contributed by atoms with E-state index >= 15 is 0 Å². The Labute approximate surface area is 125 Å². The van der Waals surface area contributed by atoms with Crippen LogP contribution in [-0.2, 0) is 11.3 Å². The number of aliphatic carboxylic acids is 1. The Morgan fingerprint density at radius 3 is 3.00 bits per heavy atom. The number of aromatic nitrogens is 2. The van der Waals surface area contributed by atoms with Gasteiger partial charge in [-0.05, 0) is 28.8 Å². The molecule has 20 heavy (non-hydrogen) atoms. The van der Waals surface area contributed by atoms with E-state index < -0.39 is 11.9 Å². The molecule has 7 nitrogen and oxygen atoms in total. The fourth-order valence-corrected chi connectivity index (χ4v) is 2.54. The molecule has 0 aromatic carbocycles. The predicted octanol–water partition coefficient (Wildman–Crippen LogP) is 1.15. The first-order valence-corrected chi connectivity index (χ1v) is 7.29. The highest BCUT2D eigenvalue weighted by atomic mass is 79.9. The van der Waals surface area contributed by atoms with Crippen LogP contribution in [0, 0.1) is 5.92 Å². The van der Waals surface area contributed by atoms with E-state index in [-0.39, 0.29) is 12.6 Å². The fraction of sp³-hybridized carbons (Fsp3) is 0.583. The monoisotopic (exact) mass is 344 g/mol. The number of piperidine rings is 1. The smallest absolute Gasteiger partial charge is 0.317 e. The van der Waals surface area contributed by atoms with Gasteiger partial charge in [-0.25, -0.2) is 4.79 Å². The fourth-order valence-electron chi connectivity index (χ4n) is 2.21. The third-order valence-electron chi connectivity index (χ3n) is 3.28. The Bertz CT molecular complexity index is 491. The molecule has 0 aliphatic carbocycles. The molecule has 2 rings (SSSR count). The zero-order valence-corrected chi connectivity index (χ0v) is 12.5. The molecule has 0 bridgehead atoms. The van der Waals surface area contributed by atoms with Crippen molar-refractivity contribution in [1.29, 1.82) is 0 Å². The maximum Gasteiger partial charge on any atom is 0.317 e. The lowest BCUT2D eigenvalue weighted by Crippen LogP contribution is -2.47. The number of hydrogen-bond donors (Lipinski definition) is 2. The summed E-state index contributed by atoms with van der Waals surface area (Å²) in [7, 11) is 0. The third-order valence-corrected chi connectivity index (χ3v) is 3.69. The molecule has 1 saturated heterocycles. The molecule has 1 aromatic heterocycles. The quantitative estimate of drug-likeness (QED) is 0.857. The summed E-state index contributed by atoms with van der Waals surface area (Å²) in [5.41, 5.74) is 0. The Kier molecular flexibility index (Phi) is 4.99. The van der Waals surface area contributed by atoms with Gasteiger partial charge in [0.25, 0.3) is 0 Å². The molecule has 0 spiro atoms. The molecule has 1 aliphatic rings. The van der Waals surface area contributed by atoms with Crippen molar-refractivity contribution in [2.24, 2.45) is 5.92 Å². The van der Waals surface area contributed by atoms with E-state index in [0.717, 1.165) is 10.9 Å². The van der Waals surface area contributed by atoms with E-state index in [1.165, 1.54) is 0 Å². The molecule has 2 amide bonds. The van der Waals surface area contributed by atoms with Crippen molar-refractivity contribution in [2.45, 2.75) is 19.4 Å². The van der Waals surface area contributed by atoms with Crippen LogP contribution in [0.5, 0.6) is 0 Å². The summed E-state index contributed by atoms with van der Waals surface area (Å²) in [6.07, 6.45) is 4.88. The molecule has 0 radical (unpaired) electrons. The second-order valence-electron chi connectivity index (χ2n) is 4.78. The lowest BCUT2D eigenvalue weighted by atomic mass is 9.99. The molecule has 1 aromatic rings. The molecule has 0 saturated carbocycles. The first-order valence-electron chi connectivity index (χ1n) is 6.50. The summed E-state index contributed by atoms with van der Waals surface area (Å²) in [5.74, 6) is -1.28. The van der Waals surface area contributed by atoms with Crippen LogP contribution in [-0.4, -0.2) is 51.4 Å². The van der Waals surface area contributed by atoms with Crippen molar-refractivity contribution < 1.29 is 14.7 Å². The van der Waals surface area contributed by atoms with Crippen LogP contribution in [0.2, 0.25) is 0 Å². The van der Waals surface area contributed by atoms with Crippen molar-refractivity contribution in [3.63, 3.8) is 0 Å². The van der Waals surface area contributed by atoms with Crippen LogP contribution in [0.3, 0.4) is 0 Å². The average Bonchev–Trinajstić information content (AvgIpc) is 2.84. The van der Waals surface area contributed by atoms with Gasteiger partial charge in [0.15, 0.2) is 0 Å². The standard InChI is InChI=1S/C12H17BrN4O3/c13-10-6-15-17(8-10)5-3-14-12(20)16-4-1-2-9(7-16)11(18)19/h6,8-9H,1-5,7H2,(H,14,20)(H,18,19). The number of amides is 2. The Balaban J connectivity index is 1.75. The molecule has 2 N–H and O–H groups in total. The Hall–Kier alpha value is -1.57. The van der Waals surface area contributed by atoms with Gasteiger partial charge in [0, 0.05) is 25.8 Å². The summed E-state index contributed by atoms with van der Waals surface area (Å²) in [5, 5.41) is 15.9.